The van der Waals surface area contributed by atoms with Crippen molar-refractivity contribution in [2.45, 2.75) is 25.0 Å². The lowest BCUT2D eigenvalue weighted by molar-refractivity contribution is 0.0384. The predicted octanol–water partition coefficient (Wildman–Crippen LogP) is 3.18. The van der Waals surface area contributed by atoms with Crippen molar-refractivity contribution in [3.63, 3.8) is 0 Å². The summed E-state index contributed by atoms with van der Waals surface area (Å²) in [6.45, 7) is 0.338. The topological polar surface area (TPSA) is 93.2 Å². The van der Waals surface area contributed by atoms with Crippen molar-refractivity contribution >= 4 is 11.0 Å². The number of hydrogen-bond donors (Lipinski definition) is 2. The summed E-state index contributed by atoms with van der Waals surface area (Å²) >= 11 is 0. The van der Waals surface area contributed by atoms with E-state index in [9.17, 15) is 5.11 Å². The van der Waals surface area contributed by atoms with Gasteiger partial charge in [-0.25, -0.2) is 4.98 Å². The van der Waals surface area contributed by atoms with Gasteiger partial charge in [0.25, 0.3) is 0 Å². The second kappa shape index (κ2) is 8.61. The van der Waals surface area contributed by atoms with Crippen LogP contribution in [0.1, 0.15) is 22.5 Å². The van der Waals surface area contributed by atoms with Crippen molar-refractivity contribution in [2.24, 2.45) is 0 Å². The number of ether oxygens (including phenoxy) is 2. The maximum absolute atomic E-state index is 12.0. The average Bonchev–Trinajstić information content (AvgIpc) is 3.18. The van der Waals surface area contributed by atoms with E-state index in [1.165, 1.54) is 0 Å². The van der Waals surface area contributed by atoms with Gasteiger partial charge in [0.2, 0.25) is 0 Å². The highest BCUT2D eigenvalue weighted by Gasteiger charge is 2.33. The number of imidazole rings is 1. The lowest BCUT2D eigenvalue weighted by atomic mass is 9.81. The molecule has 0 radical (unpaired) electrons. The van der Waals surface area contributed by atoms with Crippen LogP contribution in [0.5, 0.6) is 5.75 Å². The Kier molecular flexibility index (Phi) is 5.74. The number of methoxy groups -OCH3 is 2. The Hall–Kier alpha value is -3.29. The van der Waals surface area contributed by atoms with E-state index in [1.54, 1.807) is 39.0 Å². The molecule has 0 saturated carbocycles. The number of hydrogen-bond acceptors (Lipinski definition) is 6. The van der Waals surface area contributed by atoms with Crippen LogP contribution in [-0.4, -0.2) is 39.3 Å². The van der Waals surface area contributed by atoms with Gasteiger partial charge in [-0.1, -0.05) is 6.07 Å². The van der Waals surface area contributed by atoms with E-state index in [0.29, 0.717) is 36.5 Å². The zero-order valence-corrected chi connectivity index (χ0v) is 17.0. The molecule has 0 spiro atoms. The van der Waals surface area contributed by atoms with Gasteiger partial charge in [-0.3, -0.25) is 9.97 Å². The van der Waals surface area contributed by atoms with E-state index in [1.807, 2.05) is 36.4 Å². The van der Waals surface area contributed by atoms with Gasteiger partial charge >= 0.3 is 0 Å². The van der Waals surface area contributed by atoms with Gasteiger partial charge in [0, 0.05) is 50.3 Å². The quantitative estimate of drug-likeness (QED) is 0.469. The first-order valence-corrected chi connectivity index (χ1v) is 9.68. The fourth-order valence-corrected chi connectivity index (χ4v) is 3.80. The monoisotopic (exact) mass is 404 g/mol. The Morgan fingerprint density at radius 2 is 1.50 bits per heavy atom. The van der Waals surface area contributed by atoms with Crippen LogP contribution >= 0.6 is 0 Å². The summed E-state index contributed by atoms with van der Waals surface area (Å²) in [7, 11) is 3.24. The van der Waals surface area contributed by atoms with Crippen LogP contribution in [-0.2, 0) is 29.8 Å². The molecule has 0 aliphatic carbocycles. The normalized spacial score (nSPS) is 11.7. The maximum Gasteiger partial charge on any atom is 0.144 e. The van der Waals surface area contributed by atoms with Crippen LogP contribution in [0.3, 0.4) is 0 Å². The van der Waals surface area contributed by atoms with Gasteiger partial charge in [0.1, 0.15) is 23.7 Å². The molecule has 3 heterocycles. The number of rotatable bonds is 8. The molecule has 7 heteroatoms. The summed E-state index contributed by atoms with van der Waals surface area (Å²) in [5.41, 5.74) is 2.91. The third kappa shape index (κ3) is 4.03. The summed E-state index contributed by atoms with van der Waals surface area (Å²) in [6, 6.07) is 11.4. The molecule has 0 fully saturated rings. The number of aliphatic hydroxyl groups is 1. The third-order valence-electron chi connectivity index (χ3n) is 5.15. The molecule has 7 nitrogen and oxygen atoms in total. The number of aromatic nitrogens is 4. The van der Waals surface area contributed by atoms with Crippen molar-refractivity contribution in [2.75, 3.05) is 14.2 Å². The molecular formula is C23H24N4O3. The first-order chi connectivity index (χ1) is 14.6. The first-order valence-electron chi connectivity index (χ1n) is 9.68. The van der Waals surface area contributed by atoms with Gasteiger partial charge < -0.3 is 19.6 Å². The lowest BCUT2D eigenvalue weighted by Crippen LogP contribution is -2.32. The van der Waals surface area contributed by atoms with E-state index in [0.717, 1.165) is 22.2 Å². The van der Waals surface area contributed by atoms with Crippen molar-refractivity contribution in [1.29, 1.82) is 0 Å². The molecule has 154 valence electrons. The molecule has 4 rings (SSSR count). The smallest absolute Gasteiger partial charge is 0.144 e. The van der Waals surface area contributed by atoms with E-state index >= 15 is 0 Å². The minimum atomic E-state index is -1.20. The Labute approximate surface area is 174 Å². The largest absolute Gasteiger partial charge is 0.494 e. The molecule has 4 aromatic rings. The molecule has 0 bridgehead atoms. The molecule has 1 aromatic carbocycles. The zero-order valence-electron chi connectivity index (χ0n) is 17.0. The first kappa shape index (κ1) is 20.0. The average molecular weight is 404 g/mol. The van der Waals surface area contributed by atoms with Gasteiger partial charge in [-0.2, -0.15) is 0 Å². The van der Waals surface area contributed by atoms with Gasteiger partial charge in [-0.15, -0.1) is 0 Å². The molecule has 0 unspecified atom stereocenters. The molecule has 0 atom stereocenters. The Morgan fingerprint density at radius 3 is 2.03 bits per heavy atom. The number of nitrogens with one attached hydrogen (secondary N) is 1. The van der Waals surface area contributed by atoms with Crippen LogP contribution in [0.25, 0.3) is 11.0 Å². The van der Waals surface area contributed by atoms with E-state index < -0.39 is 5.60 Å². The van der Waals surface area contributed by atoms with Crippen molar-refractivity contribution < 1.29 is 14.6 Å². The van der Waals surface area contributed by atoms with E-state index in [2.05, 4.69) is 15.0 Å². The number of aromatic amines is 1. The Morgan fingerprint density at radius 1 is 0.900 bits per heavy atom. The minimum absolute atomic E-state index is 0.338. The van der Waals surface area contributed by atoms with Crippen LogP contribution < -0.4 is 4.74 Å². The Bertz CT molecular complexity index is 1070. The van der Waals surface area contributed by atoms with E-state index in [4.69, 9.17) is 14.5 Å². The second-order valence-electron chi connectivity index (χ2n) is 7.25. The van der Waals surface area contributed by atoms with Crippen LogP contribution in [0.2, 0.25) is 0 Å². The molecule has 3 aromatic heterocycles. The summed E-state index contributed by atoms with van der Waals surface area (Å²) in [6.07, 6.45) is 7.75. The van der Waals surface area contributed by atoms with Crippen LogP contribution in [0.4, 0.5) is 0 Å². The van der Waals surface area contributed by atoms with Gasteiger partial charge in [-0.05, 0) is 41.5 Å². The molecule has 2 N–H and O–H groups in total. The van der Waals surface area contributed by atoms with Crippen LogP contribution in [0, 0.1) is 0 Å². The third-order valence-corrected chi connectivity index (χ3v) is 5.15. The second-order valence-corrected chi connectivity index (χ2v) is 7.25. The number of nitrogens with zero attached hydrogens (tertiary/aromatic N) is 3. The number of fused-ring (bicyclic) bond motifs is 1. The SMILES string of the molecule is COCc1nc2c(C(O)(Cc3ccncc3)Cc3ccncc3)ccc(OC)c2[nH]1. The van der Waals surface area contributed by atoms with Crippen molar-refractivity contribution in [3.8, 4) is 5.75 Å². The van der Waals surface area contributed by atoms with Gasteiger partial charge in [0.15, 0.2) is 0 Å². The number of pyridine rings is 2. The molecular weight excluding hydrogens is 380 g/mol. The lowest BCUT2D eigenvalue weighted by Gasteiger charge is -2.30. The Balaban J connectivity index is 1.86. The van der Waals surface area contributed by atoms with Crippen LogP contribution in [0.15, 0.2) is 61.2 Å². The summed E-state index contributed by atoms with van der Waals surface area (Å²) < 4.78 is 10.7. The standard InChI is InChI=1S/C23H24N4O3/c1-29-15-20-26-21-18(3-4-19(30-2)22(21)27-20)23(28,13-16-5-9-24-10-6-16)14-17-7-11-25-12-8-17/h3-12,28H,13-15H2,1-2H3,(H,26,27). The minimum Gasteiger partial charge on any atom is -0.494 e. The molecule has 0 aliphatic heterocycles. The molecule has 0 amide bonds. The fraction of sp³-hybridized carbons (Fsp3) is 0.261. The van der Waals surface area contributed by atoms with Crippen molar-refractivity contribution in [3.05, 3.63) is 83.7 Å². The van der Waals surface area contributed by atoms with Gasteiger partial charge in [0.05, 0.1) is 18.2 Å². The summed E-state index contributed by atoms with van der Waals surface area (Å²) in [5, 5.41) is 12.0. The number of H-pyrrole nitrogens is 1. The number of benzene rings is 1. The highest BCUT2D eigenvalue weighted by molar-refractivity contribution is 5.85. The highest BCUT2D eigenvalue weighted by Crippen LogP contribution is 2.37. The molecule has 0 saturated heterocycles. The zero-order chi connectivity index (χ0) is 21.0. The molecule has 0 aliphatic rings. The fourth-order valence-electron chi connectivity index (χ4n) is 3.80. The van der Waals surface area contributed by atoms with Crippen molar-refractivity contribution in [1.82, 2.24) is 19.9 Å². The highest BCUT2D eigenvalue weighted by atomic mass is 16.5. The summed E-state index contributed by atoms with van der Waals surface area (Å²) in [5.74, 6) is 1.34. The maximum atomic E-state index is 12.0. The van der Waals surface area contributed by atoms with E-state index in [-0.39, 0.29) is 0 Å². The predicted molar refractivity (Wildman–Crippen MR) is 113 cm³/mol. The molecule has 30 heavy (non-hydrogen) atoms. The summed E-state index contributed by atoms with van der Waals surface area (Å²) in [4.78, 5) is 16.2.